The van der Waals surface area contributed by atoms with Crippen molar-refractivity contribution in [2.24, 2.45) is 0 Å². The van der Waals surface area contributed by atoms with Crippen molar-refractivity contribution in [1.82, 2.24) is 5.32 Å². The van der Waals surface area contributed by atoms with Gasteiger partial charge in [-0.15, -0.1) is 0 Å². The van der Waals surface area contributed by atoms with Gasteiger partial charge in [-0.2, -0.15) is 0 Å². The smallest absolute Gasteiger partial charge is 0.0369 e. The molecule has 0 saturated heterocycles. The van der Waals surface area contributed by atoms with Gasteiger partial charge in [0, 0.05) is 24.8 Å². The summed E-state index contributed by atoms with van der Waals surface area (Å²) < 4.78 is 0. The molecule has 0 aliphatic heterocycles. The zero-order valence-electron chi connectivity index (χ0n) is 10.2. The molecule has 1 aromatic carbocycles. The second kappa shape index (κ2) is 5.76. The van der Waals surface area contributed by atoms with Gasteiger partial charge in [0.1, 0.15) is 0 Å². The second-order valence-electron chi connectivity index (χ2n) is 3.78. The van der Waals surface area contributed by atoms with Crippen molar-refractivity contribution in [2.75, 3.05) is 25.0 Å². The lowest BCUT2D eigenvalue weighted by Crippen LogP contribution is -2.22. The van der Waals surface area contributed by atoms with E-state index in [1.54, 1.807) is 0 Å². The minimum absolute atomic E-state index is 0.417. The number of rotatable bonds is 5. The fourth-order valence-electron chi connectivity index (χ4n) is 1.75. The van der Waals surface area contributed by atoms with Gasteiger partial charge in [0.15, 0.2) is 0 Å². The third-order valence-electron chi connectivity index (χ3n) is 2.93. The van der Waals surface area contributed by atoms with E-state index < -0.39 is 0 Å². The summed E-state index contributed by atoms with van der Waals surface area (Å²) in [6, 6.07) is 9.18. The highest BCUT2D eigenvalue weighted by atomic mass is 15.1. The molecule has 0 saturated carbocycles. The summed E-state index contributed by atoms with van der Waals surface area (Å²) in [5.74, 6) is 0. The van der Waals surface area contributed by atoms with E-state index in [0.29, 0.717) is 6.04 Å². The Morgan fingerprint density at radius 3 is 2.47 bits per heavy atom. The lowest BCUT2D eigenvalue weighted by Gasteiger charge is -2.22. The van der Waals surface area contributed by atoms with E-state index in [1.165, 1.54) is 11.3 Å². The number of benzene rings is 1. The van der Waals surface area contributed by atoms with Gasteiger partial charge in [-0.25, -0.2) is 0 Å². The molecule has 0 amide bonds. The molecule has 0 bridgehead atoms. The van der Waals surface area contributed by atoms with Gasteiger partial charge in [0.25, 0.3) is 0 Å². The van der Waals surface area contributed by atoms with Gasteiger partial charge in [0.05, 0.1) is 0 Å². The van der Waals surface area contributed by atoms with E-state index in [4.69, 9.17) is 0 Å². The molecule has 2 nitrogen and oxygen atoms in total. The number of nitrogens with one attached hydrogen (secondary N) is 1. The molecule has 0 heterocycles. The summed E-state index contributed by atoms with van der Waals surface area (Å²) in [5.41, 5.74) is 2.67. The van der Waals surface area contributed by atoms with E-state index in [1.807, 2.05) is 7.05 Å². The molecule has 15 heavy (non-hydrogen) atoms. The minimum Gasteiger partial charge on any atom is -0.372 e. The Balaban J connectivity index is 2.91. The number of hydrogen-bond acceptors (Lipinski definition) is 2. The van der Waals surface area contributed by atoms with Crippen molar-refractivity contribution in [1.29, 1.82) is 0 Å². The van der Waals surface area contributed by atoms with Gasteiger partial charge in [-0.05, 0) is 45.5 Å². The molecule has 0 aliphatic carbocycles. The standard InChI is InChI=1S/C13H22N2/c1-5-15(6-2)13-9-7-8-12(10-13)11(3)14-4/h7-11,14H,5-6H2,1-4H3. The molecule has 0 fully saturated rings. The Kier molecular flexibility index (Phi) is 4.63. The van der Waals surface area contributed by atoms with E-state index in [9.17, 15) is 0 Å². The summed E-state index contributed by atoms with van der Waals surface area (Å²) >= 11 is 0. The molecule has 1 aromatic rings. The lowest BCUT2D eigenvalue weighted by molar-refractivity contribution is 0.652. The highest BCUT2D eigenvalue weighted by Crippen LogP contribution is 2.20. The van der Waals surface area contributed by atoms with Crippen molar-refractivity contribution in [2.45, 2.75) is 26.8 Å². The summed E-state index contributed by atoms with van der Waals surface area (Å²) in [6.45, 7) is 8.69. The van der Waals surface area contributed by atoms with Crippen molar-refractivity contribution in [3.05, 3.63) is 29.8 Å². The van der Waals surface area contributed by atoms with Crippen LogP contribution in [0.15, 0.2) is 24.3 Å². The van der Waals surface area contributed by atoms with Crippen LogP contribution in [0.2, 0.25) is 0 Å². The fourth-order valence-corrected chi connectivity index (χ4v) is 1.75. The van der Waals surface area contributed by atoms with Crippen LogP contribution in [0.3, 0.4) is 0 Å². The summed E-state index contributed by atoms with van der Waals surface area (Å²) in [7, 11) is 1.99. The second-order valence-corrected chi connectivity index (χ2v) is 3.78. The zero-order valence-corrected chi connectivity index (χ0v) is 10.2. The quantitative estimate of drug-likeness (QED) is 0.797. The first-order chi connectivity index (χ1) is 7.22. The largest absolute Gasteiger partial charge is 0.372 e. The SMILES string of the molecule is CCN(CC)c1cccc(C(C)NC)c1. The van der Waals surface area contributed by atoms with Gasteiger partial charge in [-0.1, -0.05) is 12.1 Å². The molecular weight excluding hydrogens is 184 g/mol. The van der Waals surface area contributed by atoms with Crippen molar-refractivity contribution in [3.63, 3.8) is 0 Å². The van der Waals surface area contributed by atoms with Crippen LogP contribution in [0.5, 0.6) is 0 Å². The van der Waals surface area contributed by atoms with E-state index >= 15 is 0 Å². The Bertz CT molecular complexity index is 292. The predicted molar refractivity (Wildman–Crippen MR) is 67.5 cm³/mol. The summed E-state index contributed by atoms with van der Waals surface area (Å²) in [5, 5.41) is 3.26. The van der Waals surface area contributed by atoms with Crippen molar-refractivity contribution in [3.8, 4) is 0 Å². The average molecular weight is 206 g/mol. The molecule has 1 rings (SSSR count). The molecule has 0 radical (unpaired) electrons. The van der Waals surface area contributed by atoms with Gasteiger partial charge >= 0.3 is 0 Å². The predicted octanol–water partition coefficient (Wildman–Crippen LogP) is 2.81. The molecule has 1 unspecified atom stereocenters. The molecule has 84 valence electrons. The molecule has 0 spiro atoms. The van der Waals surface area contributed by atoms with E-state index in [-0.39, 0.29) is 0 Å². The van der Waals surface area contributed by atoms with Crippen molar-refractivity contribution < 1.29 is 0 Å². The molecule has 1 atom stereocenters. The molecular formula is C13H22N2. The van der Waals surface area contributed by atoms with Crippen LogP contribution in [0, 0.1) is 0 Å². The normalized spacial score (nSPS) is 12.5. The average Bonchev–Trinajstić information content (AvgIpc) is 2.30. The van der Waals surface area contributed by atoms with Crippen LogP contribution >= 0.6 is 0 Å². The van der Waals surface area contributed by atoms with Crippen LogP contribution in [0.1, 0.15) is 32.4 Å². The Hall–Kier alpha value is -1.02. The number of anilines is 1. The van der Waals surface area contributed by atoms with Gasteiger partial charge in [0.2, 0.25) is 0 Å². The maximum atomic E-state index is 3.26. The number of hydrogen-bond donors (Lipinski definition) is 1. The highest BCUT2D eigenvalue weighted by molar-refractivity contribution is 5.49. The van der Waals surface area contributed by atoms with E-state index in [2.05, 4.69) is 55.3 Å². The molecule has 0 aromatic heterocycles. The third kappa shape index (κ3) is 2.96. The van der Waals surface area contributed by atoms with Crippen LogP contribution < -0.4 is 10.2 Å². The van der Waals surface area contributed by atoms with Crippen molar-refractivity contribution >= 4 is 5.69 Å². The Morgan fingerprint density at radius 1 is 1.27 bits per heavy atom. The minimum atomic E-state index is 0.417. The Morgan fingerprint density at radius 2 is 1.93 bits per heavy atom. The lowest BCUT2D eigenvalue weighted by atomic mass is 10.1. The monoisotopic (exact) mass is 206 g/mol. The topological polar surface area (TPSA) is 15.3 Å². The summed E-state index contributed by atoms with van der Waals surface area (Å²) in [6.07, 6.45) is 0. The molecule has 1 N–H and O–H groups in total. The van der Waals surface area contributed by atoms with Crippen LogP contribution in [0.4, 0.5) is 5.69 Å². The first kappa shape index (κ1) is 12.1. The summed E-state index contributed by atoms with van der Waals surface area (Å²) in [4.78, 5) is 2.37. The third-order valence-corrected chi connectivity index (χ3v) is 2.93. The fraction of sp³-hybridized carbons (Fsp3) is 0.538. The van der Waals surface area contributed by atoms with Gasteiger partial charge < -0.3 is 10.2 Å². The van der Waals surface area contributed by atoms with Crippen LogP contribution in [0.25, 0.3) is 0 Å². The van der Waals surface area contributed by atoms with Gasteiger partial charge in [-0.3, -0.25) is 0 Å². The molecule has 0 aliphatic rings. The van der Waals surface area contributed by atoms with Crippen LogP contribution in [-0.2, 0) is 0 Å². The highest BCUT2D eigenvalue weighted by Gasteiger charge is 2.05. The molecule has 2 heteroatoms. The number of nitrogens with zero attached hydrogens (tertiary/aromatic N) is 1. The van der Waals surface area contributed by atoms with Crippen LogP contribution in [-0.4, -0.2) is 20.1 Å². The van der Waals surface area contributed by atoms with E-state index in [0.717, 1.165) is 13.1 Å². The maximum Gasteiger partial charge on any atom is 0.0369 e. The first-order valence-electron chi connectivity index (χ1n) is 5.75. The first-order valence-corrected chi connectivity index (χ1v) is 5.75. The zero-order chi connectivity index (χ0) is 11.3. The Labute approximate surface area is 93.3 Å². The maximum absolute atomic E-state index is 3.26.